The molecule has 1 fully saturated rings. The molecule has 2 rings (SSSR count). The van der Waals surface area contributed by atoms with Gasteiger partial charge in [0.25, 0.3) is 5.91 Å². The van der Waals surface area contributed by atoms with Gasteiger partial charge in [-0.2, -0.15) is 0 Å². The van der Waals surface area contributed by atoms with Gasteiger partial charge in [-0.1, -0.05) is 12.1 Å². The van der Waals surface area contributed by atoms with Crippen LogP contribution in [0.2, 0.25) is 0 Å². The minimum atomic E-state index is -0.750. The van der Waals surface area contributed by atoms with E-state index in [9.17, 15) is 19.2 Å². The molecule has 2 heterocycles. The number of nitrogens with one attached hydrogen (secondary N) is 3. The number of hydrogen-bond donors (Lipinski definition) is 3. The predicted molar refractivity (Wildman–Crippen MR) is 106 cm³/mol. The highest BCUT2D eigenvalue weighted by molar-refractivity contribution is 6.03. The molecule has 4 amide bonds. The molecule has 0 aromatic carbocycles. The number of alkyl carbamates (subject to hydrolysis) is 1. The van der Waals surface area contributed by atoms with Gasteiger partial charge in [-0.05, 0) is 51.8 Å². The van der Waals surface area contributed by atoms with Crippen molar-refractivity contribution in [3.05, 3.63) is 35.7 Å². The minimum Gasteiger partial charge on any atom is -0.444 e. The molecule has 1 unspecified atom stereocenters. The minimum absolute atomic E-state index is 0.170. The highest BCUT2D eigenvalue weighted by Gasteiger charge is 2.28. The maximum Gasteiger partial charge on any atom is 0.407 e. The molecule has 0 saturated carbocycles. The molecule has 3 N–H and O–H groups in total. The van der Waals surface area contributed by atoms with E-state index < -0.39 is 29.6 Å². The van der Waals surface area contributed by atoms with Crippen LogP contribution in [0.3, 0.4) is 0 Å². The number of aromatic nitrogens is 1. The number of piperidine rings is 1. The fraction of sp³-hybridized carbons (Fsp3) is 0.450. The standard InChI is InChI=1S/C20H26N4O5/c1-20(2,3)29-19(28)21-12-5-4-7-13-8-6-9-14(22-13)17(26)23-15-10-11-16(25)24-18(15)27/h4,6-9,15H,5,10-12H2,1-3H3,(H,21,28)(H,23,26)(H,24,25,27)/b7-4+. The van der Waals surface area contributed by atoms with Crippen molar-refractivity contribution in [2.75, 3.05) is 6.54 Å². The average Bonchev–Trinajstić information content (AvgIpc) is 2.62. The van der Waals surface area contributed by atoms with E-state index in [1.165, 1.54) is 0 Å². The highest BCUT2D eigenvalue weighted by atomic mass is 16.6. The topological polar surface area (TPSA) is 126 Å². The van der Waals surface area contributed by atoms with E-state index in [4.69, 9.17) is 4.74 Å². The van der Waals surface area contributed by atoms with Gasteiger partial charge in [-0.3, -0.25) is 19.7 Å². The first-order valence-corrected chi connectivity index (χ1v) is 9.39. The van der Waals surface area contributed by atoms with E-state index in [1.54, 1.807) is 45.0 Å². The molecule has 0 spiro atoms. The van der Waals surface area contributed by atoms with Crippen LogP contribution in [0.25, 0.3) is 6.08 Å². The molecule has 156 valence electrons. The predicted octanol–water partition coefficient (Wildman–Crippen LogP) is 1.54. The maximum absolute atomic E-state index is 12.3. The average molecular weight is 402 g/mol. The normalized spacial score (nSPS) is 17.0. The molecule has 0 bridgehead atoms. The molecule has 9 nitrogen and oxygen atoms in total. The third kappa shape index (κ3) is 7.73. The molecule has 1 aromatic rings. The Morgan fingerprint density at radius 3 is 2.76 bits per heavy atom. The second kappa shape index (κ2) is 9.81. The van der Waals surface area contributed by atoms with Crippen LogP contribution in [0.4, 0.5) is 4.79 Å². The van der Waals surface area contributed by atoms with Crippen molar-refractivity contribution in [3.8, 4) is 0 Å². The smallest absolute Gasteiger partial charge is 0.407 e. The Labute approximate surface area is 169 Å². The van der Waals surface area contributed by atoms with E-state index in [0.29, 0.717) is 18.7 Å². The molecule has 9 heteroatoms. The molecule has 1 saturated heterocycles. The third-order valence-electron chi connectivity index (χ3n) is 3.82. The number of hydrogen-bond acceptors (Lipinski definition) is 6. The number of pyridine rings is 1. The molecule has 1 atom stereocenters. The monoisotopic (exact) mass is 402 g/mol. The van der Waals surface area contributed by atoms with Crippen LogP contribution in [0.5, 0.6) is 0 Å². The molecule has 0 aliphatic carbocycles. The van der Waals surface area contributed by atoms with E-state index >= 15 is 0 Å². The van der Waals surface area contributed by atoms with Gasteiger partial charge in [0, 0.05) is 13.0 Å². The van der Waals surface area contributed by atoms with Gasteiger partial charge in [0.2, 0.25) is 11.8 Å². The highest BCUT2D eigenvalue weighted by Crippen LogP contribution is 2.08. The van der Waals surface area contributed by atoms with Gasteiger partial charge in [-0.25, -0.2) is 9.78 Å². The van der Waals surface area contributed by atoms with Crippen LogP contribution in [0.15, 0.2) is 24.3 Å². The summed E-state index contributed by atoms with van der Waals surface area (Å²) in [6, 6.07) is 4.22. The summed E-state index contributed by atoms with van der Waals surface area (Å²) in [6.07, 6.45) is 4.09. The summed E-state index contributed by atoms with van der Waals surface area (Å²) in [4.78, 5) is 51.1. The van der Waals surface area contributed by atoms with Crippen molar-refractivity contribution in [2.24, 2.45) is 0 Å². The van der Waals surface area contributed by atoms with Gasteiger partial charge < -0.3 is 15.4 Å². The van der Waals surface area contributed by atoms with Crippen LogP contribution in [-0.2, 0) is 14.3 Å². The fourth-order valence-electron chi connectivity index (χ4n) is 2.51. The Hall–Kier alpha value is -3.23. The first-order chi connectivity index (χ1) is 13.6. The largest absolute Gasteiger partial charge is 0.444 e. The summed E-state index contributed by atoms with van der Waals surface area (Å²) in [7, 11) is 0. The first kappa shape index (κ1) is 22.1. The lowest BCUT2D eigenvalue weighted by Crippen LogP contribution is -2.52. The molecule has 1 aliphatic rings. The number of rotatable bonds is 6. The van der Waals surface area contributed by atoms with Crippen LogP contribution in [-0.4, -0.2) is 47.0 Å². The zero-order chi connectivity index (χ0) is 21.4. The Bertz CT molecular complexity index is 813. The Kier molecular flexibility index (Phi) is 7.46. The molecular weight excluding hydrogens is 376 g/mol. The summed E-state index contributed by atoms with van der Waals surface area (Å²) in [5.74, 6) is -1.34. The van der Waals surface area contributed by atoms with Crippen LogP contribution in [0.1, 0.15) is 56.2 Å². The van der Waals surface area contributed by atoms with Gasteiger partial charge in [0.05, 0.1) is 5.69 Å². The summed E-state index contributed by atoms with van der Waals surface area (Å²) < 4.78 is 5.14. The lowest BCUT2D eigenvalue weighted by Gasteiger charge is -2.21. The van der Waals surface area contributed by atoms with Crippen molar-refractivity contribution in [1.82, 2.24) is 20.9 Å². The molecule has 29 heavy (non-hydrogen) atoms. The number of nitrogens with zero attached hydrogens (tertiary/aromatic N) is 1. The number of carbonyl (C=O) groups excluding carboxylic acids is 4. The third-order valence-corrected chi connectivity index (χ3v) is 3.82. The molecular formula is C20H26N4O5. The van der Waals surface area contributed by atoms with Gasteiger partial charge in [-0.15, -0.1) is 0 Å². The van der Waals surface area contributed by atoms with E-state index in [2.05, 4.69) is 20.9 Å². The van der Waals surface area contributed by atoms with Gasteiger partial charge >= 0.3 is 6.09 Å². The van der Waals surface area contributed by atoms with Crippen molar-refractivity contribution >= 4 is 29.9 Å². The first-order valence-electron chi connectivity index (χ1n) is 9.39. The number of imide groups is 1. The number of amides is 4. The maximum atomic E-state index is 12.3. The van der Waals surface area contributed by atoms with Crippen LogP contribution >= 0.6 is 0 Å². The van der Waals surface area contributed by atoms with Crippen molar-refractivity contribution in [1.29, 1.82) is 0 Å². The summed E-state index contributed by atoms with van der Waals surface area (Å²) in [5, 5.41) is 7.43. The molecule has 0 radical (unpaired) electrons. The Morgan fingerprint density at radius 1 is 1.31 bits per heavy atom. The quantitative estimate of drug-likeness (QED) is 0.489. The molecule has 1 aromatic heterocycles. The van der Waals surface area contributed by atoms with E-state index in [-0.39, 0.29) is 24.4 Å². The van der Waals surface area contributed by atoms with E-state index in [1.807, 2.05) is 6.08 Å². The summed E-state index contributed by atoms with van der Waals surface area (Å²) >= 11 is 0. The van der Waals surface area contributed by atoms with E-state index in [0.717, 1.165) is 0 Å². The number of ether oxygens (including phenoxy) is 1. The Balaban J connectivity index is 1.83. The zero-order valence-electron chi connectivity index (χ0n) is 16.8. The van der Waals surface area contributed by atoms with Crippen molar-refractivity contribution in [3.63, 3.8) is 0 Å². The molecule has 1 aliphatic heterocycles. The summed E-state index contributed by atoms with van der Waals surface area (Å²) in [6.45, 7) is 5.78. The Morgan fingerprint density at radius 2 is 2.07 bits per heavy atom. The van der Waals surface area contributed by atoms with Gasteiger partial charge in [0.1, 0.15) is 17.3 Å². The second-order valence-corrected chi connectivity index (χ2v) is 7.54. The lowest BCUT2D eigenvalue weighted by molar-refractivity contribution is -0.134. The second-order valence-electron chi connectivity index (χ2n) is 7.54. The fourth-order valence-corrected chi connectivity index (χ4v) is 2.51. The van der Waals surface area contributed by atoms with Crippen molar-refractivity contribution in [2.45, 2.75) is 51.7 Å². The summed E-state index contributed by atoms with van der Waals surface area (Å²) in [5.41, 5.74) is 0.195. The van der Waals surface area contributed by atoms with Crippen LogP contribution in [0, 0.1) is 0 Å². The number of carbonyl (C=O) groups is 4. The zero-order valence-corrected chi connectivity index (χ0v) is 16.8. The van der Waals surface area contributed by atoms with Crippen molar-refractivity contribution < 1.29 is 23.9 Å². The van der Waals surface area contributed by atoms with Crippen LogP contribution < -0.4 is 16.0 Å². The SMILES string of the molecule is CC(C)(C)OC(=O)NCC/C=C/c1cccc(C(=O)NC2CCC(=O)NC2=O)n1. The lowest BCUT2D eigenvalue weighted by atomic mass is 10.1. The van der Waals surface area contributed by atoms with Gasteiger partial charge in [0.15, 0.2) is 0 Å².